The maximum Gasteiger partial charge on any atom is 0.320 e. The maximum absolute atomic E-state index is 11.3. The maximum atomic E-state index is 11.3. The summed E-state index contributed by atoms with van der Waals surface area (Å²) in [4.78, 5) is 20.8. The van der Waals surface area contributed by atoms with Crippen molar-refractivity contribution < 1.29 is 27.9 Å². The van der Waals surface area contributed by atoms with Gasteiger partial charge in [-0.1, -0.05) is 0 Å². The van der Waals surface area contributed by atoms with Crippen LogP contribution < -0.4 is 15.2 Å². The fourth-order valence-electron chi connectivity index (χ4n) is 1.15. The van der Waals surface area contributed by atoms with Gasteiger partial charge in [0.25, 0.3) is 5.91 Å². The number of rotatable bonds is 7. The molecule has 0 saturated heterocycles. The second-order valence-electron chi connectivity index (χ2n) is 3.53. The van der Waals surface area contributed by atoms with Crippen LogP contribution in [-0.2, 0) is 19.6 Å². The van der Waals surface area contributed by atoms with Crippen LogP contribution in [0.3, 0.4) is 0 Å². The van der Waals surface area contributed by atoms with Crippen molar-refractivity contribution >= 4 is 27.6 Å². The summed E-state index contributed by atoms with van der Waals surface area (Å²) >= 11 is 0. The van der Waals surface area contributed by atoms with Gasteiger partial charge in [0.05, 0.1) is 0 Å². The van der Waals surface area contributed by atoms with Crippen LogP contribution in [0.2, 0.25) is 0 Å². The molecule has 4 N–H and O–H groups in total. The number of carbonyl (C=O) groups excluding carboxylic acids is 1. The number of amides is 1. The number of carboxylic acids is 1. The molecule has 0 saturated carbocycles. The van der Waals surface area contributed by atoms with E-state index in [-0.39, 0.29) is 12.3 Å². The Morgan fingerprint density at radius 2 is 1.84 bits per heavy atom. The first-order chi connectivity index (χ1) is 8.78. The molecule has 104 valence electrons. The molecule has 0 spiro atoms. The lowest BCUT2D eigenvalue weighted by Crippen LogP contribution is -2.22. The summed E-state index contributed by atoms with van der Waals surface area (Å²) in [6.07, 6.45) is 0. The number of carbonyl (C=O) groups is 2. The third kappa shape index (κ3) is 5.73. The van der Waals surface area contributed by atoms with E-state index >= 15 is 0 Å². The van der Waals surface area contributed by atoms with Gasteiger partial charge in [-0.25, -0.2) is 8.42 Å². The molecule has 0 fully saturated rings. The Hall–Kier alpha value is -2.29. The Labute approximate surface area is 109 Å². The summed E-state index contributed by atoms with van der Waals surface area (Å²) < 4.78 is 29.7. The van der Waals surface area contributed by atoms with Crippen LogP contribution in [0.5, 0.6) is 5.75 Å². The van der Waals surface area contributed by atoms with Crippen molar-refractivity contribution in [2.75, 3.05) is 17.1 Å². The standard InChI is InChI=1S/C10H12N2O6S/c11-9(13)5-18-8-3-1-7(2-4-8)12-19(16,17)6-10(14)15/h1-4,12H,5-6H2,(H2,11,13)(H,14,15). The molecule has 0 heterocycles. The van der Waals surface area contributed by atoms with E-state index in [0.29, 0.717) is 5.75 Å². The van der Waals surface area contributed by atoms with Gasteiger partial charge in [0.15, 0.2) is 12.4 Å². The Morgan fingerprint density at radius 3 is 2.32 bits per heavy atom. The summed E-state index contributed by atoms with van der Waals surface area (Å²) in [6.45, 7) is -0.288. The van der Waals surface area contributed by atoms with Crippen LogP contribution in [0.15, 0.2) is 24.3 Å². The molecule has 0 aliphatic rings. The van der Waals surface area contributed by atoms with E-state index in [1.165, 1.54) is 24.3 Å². The van der Waals surface area contributed by atoms with E-state index in [1.807, 2.05) is 0 Å². The van der Waals surface area contributed by atoms with Crippen molar-refractivity contribution in [2.24, 2.45) is 5.73 Å². The van der Waals surface area contributed by atoms with E-state index in [9.17, 15) is 18.0 Å². The monoisotopic (exact) mass is 288 g/mol. The lowest BCUT2D eigenvalue weighted by atomic mass is 10.3. The normalized spacial score (nSPS) is 10.7. The second-order valence-corrected chi connectivity index (χ2v) is 5.26. The highest BCUT2D eigenvalue weighted by Crippen LogP contribution is 2.16. The summed E-state index contributed by atoms with van der Waals surface area (Å²) in [5.74, 6) is -2.77. The first-order valence-corrected chi connectivity index (χ1v) is 6.67. The third-order valence-electron chi connectivity index (χ3n) is 1.82. The predicted molar refractivity (Wildman–Crippen MR) is 66.2 cm³/mol. The number of primary amides is 1. The molecule has 0 bridgehead atoms. The number of benzene rings is 1. The van der Waals surface area contributed by atoms with Crippen molar-refractivity contribution in [3.63, 3.8) is 0 Å². The molecule has 0 atom stereocenters. The molecule has 8 nitrogen and oxygen atoms in total. The molecule has 1 aromatic carbocycles. The van der Waals surface area contributed by atoms with Crippen molar-refractivity contribution in [2.45, 2.75) is 0 Å². The molecule has 9 heteroatoms. The number of hydrogen-bond acceptors (Lipinski definition) is 5. The fourth-order valence-corrected chi connectivity index (χ4v) is 2.04. The number of ether oxygens (including phenoxy) is 1. The van der Waals surface area contributed by atoms with Gasteiger partial charge in [-0.05, 0) is 24.3 Å². The quantitative estimate of drug-likeness (QED) is 0.611. The smallest absolute Gasteiger partial charge is 0.320 e. The Bertz CT molecular complexity index is 566. The van der Waals surface area contributed by atoms with Crippen molar-refractivity contribution in [1.29, 1.82) is 0 Å². The first kappa shape index (κ1) is 14.8. The molecule has 0 unspecified atom stereocenters. The van der Waals surface area contributed by atoms with E-state index in [1.54, 1.807) is 0 Å². The number of nitrogens with two attached hydrogens (primary N) is 1. The molecule has 1 amide bonds. The zero-order valence-electron chi connectivity index (χ0n) is 9.70. The van der Waals surface area contributed by atoms with E-state index < -0.39 is 27.7 Å². The summed E-state index contributed by atoms with van der Waals surface area (Å²) in [6, 6.07) is 5.58. The Balaban J connectivity index is 2.66. The van der Waals surface area contributed by atoms with Gasteiger partial charge in [0.1, 0.15) is 5.75 Å². The average Bonchev–Trinajstić information content (AvgIpc) is 2.25. The highest BCUT2D eigenvalue weighted by molar-refractivity contribution is 7.93. The summed E-state index contributed by atoms with van der Waals surface area (Å²) in [5, 5.41) is 8.41. The summed E-state index contributed by atoms with van der Waals surface area (Å²) in [7, 11) is -3.94. The highest BCUT2D eigenvalue weighted by atomic mass is 32.2. The first-order valence-electron chi connectivity index (χ1n) is 5.02. The SMILES string of the molecule is NC(=O)COc1ccc(NS(=O)(=O)CC(=O)O)cc1. The van der Waals surface area contributed by atoms with Crippen molar-refractivity contribution in [3.05, 3.63) is 24.3 Å². The lowest BCUT2D eigenvalue weighted by Gasteiger charge is -2.07. The minimum atomic E-state index is -3.94. The molecule has 0 aromatic heterocycles. The molecule has 0 aliphatic carbocycles. The average molecular weight is 288 g/mol. The van der Waals surface area contributed by atoms with E-state index in [4.69, 9.17) is 15.6 Å². The molecule has 1 rings (SSSR count). The molecular weight excluding hydrogens is 276 g/mol. The van der Waals surface area contributed by atoms with Crippen LogP contribution >= 0.6 is 0 Å². The molecule has 0 radical (unpaired) electrons. The van der Waals surface area contributed by atoms with E-state index in [0.717, 1.165) is 0 Å². The van der Waals surface area contributed by atoms with Gasteiger partial charge in [0, 0.05) is 5.69 Å². The lowest BCUT2D eigenvalue weighted by molar-refractivity contribution is -0.134. The van der Waals surface area contributed by atoms with E-state index in [2.05, 4.69) is 4.72 Å². The van der Waals surface area contributed by atoms with Crippen LogP contribution in [0.25, 0.3) is 0 Å². The van der Waals surface area contributed by atoms with Crippen molar-refractivity contribution in [1.82, 2.24) is 0 Å². The highest BCUT2D eigenvalue weighted by Gasteiger charge is 2.15. The number of anilines is 1. The number of aliphatic carboxylic acids is 1. The zero-order chi connectivity index (χ0) is 14.5. The summed E-state index contributed by atoms with van der Waals surface area (Å²) in [5.41, 5.74) is 5.08. The third-order valence-corrected chi connectivity index (χ3v) is 3.00. The minimum absolute atomic E-state index is 0.188. The van der Waals surface area contributed by atoms with Gasteiger partial charge in [-0.3, -0.25) is 14.3 Å². The fraction of sp³-hybridized carbons (Fsp3) is 0.200. The number of carboxylic acid groups (broad SMARTS) is 1. The zero-order valence-corrected chi connectivity index (χ0v) is 10.5. The van der Waals surface area contributed by atoms with Gasteiger partial charge < -0.3 is 15.6 Å². The van der Waals surface area contributed by atoms with Gasteiger partial charge in [-0.2, -0.15) is 0 Å². The topological polar surface area (TPSA) is 136 Å². The predicted octanol–water partition coefficient (Wildman–Crippen LogP) is -0.623. The largest absolute Gasteiger partial charge is 0.484 e. The number of hydrogen-bond donors (Lipinski definition) is 3. The number of nitrogens with one attached hydrogen (secondary N) is 1. The van der Waals surface area contributed by atoms with Crippen LogP contribution in [0, 0.1) is 0 Å². The molecular formula is C10H12N2O6S. The Kier molecular flexibility index (Phi) is 4.70. The van der Waals surface area contributed by atoms with Crippen LogP contribution in [0.4, 0.5) is 5.69 Å². The minimum Gasteiger partial charge on any atom is -0.484 e. The number of sulfonamides is 1. The van der Waals surface area contributed by atoms with Crippen molar-refractivity contribution in [3.8, 4) is 5.75 Å². The second kappa shape index (κ2) is 6.05. The van der Waals surface area contributed by atoms with Gasteiger partial charge in [-0.15, -0.1) is 0 Å². The van der Waals surface area contributed by atoms with Gasteiger partial charge in [0.2, 0.25) is 10.0 Å². The van der Waals surface area contributed by atoms with Crippen LogP contribution in [0.1, 0.15) is 0 Å². The Morgan fingerprint density at radius 1 is 1.26 bits per heavy atom. The molecule has 19 heavy (non-hydrogen) atoms. The molecule has 1 aromatic rings. The molecule has 0 aliphatic heterocycles. The van der Waals surface area contributed by atoms with Gasteiger partial charge >= 0.3 is 5.97 Å². The van der Waals surface area contributed by atoms with Crippen LogP contribution in [-0.4, -0.2) is 37.8 Å².